The summed E-state index contributed by atoms with van der Waals surface area (Å²) in [6.45, 7) is 0.129. The minimum absolute atomic E-state index is 0.0164. The molecule has 4 nitrogen and oxygen atoms in total. The van der Waals surface area contributed by atoms with Crippen molar-refractivity contribution in [2.24, 2.45) is 0 Å². The van der Waals surface area contributed by atoms with Crippen LogP contribution in [0, 0.1) is 0 Å². The zero-order valence-electron chi connectivity index (χ0n) is 12.8. The molecule has 4 atom stereocenters. The van der Waals surface area contributed by atoms with Crippen molar-refractivity contribution in [3.05, 3.63) is 35.9 Å². The van der Waals surface area contributed by atoms with Gasteiger partial charge in [0, 0.05) is 12.1 Å². The molecule has 2 bridgehead atoms. The lowest BCUT2D eigenvalue weighted by molar-refractivity contribution is -0.155. The summed E-state index contributed by atoms with van der Waals surface area (Å²) in [5.41, 5.74) is 0.879. The molecule has 0 aliphatic carbocycles. The minimum atomic E-state index is -0.462. The third-order valence-corrected chi connectivity index (χ3v) is 5.18. The standard InChI is InChI=1S/C17H22ClNO3/c1-19-13-7-8-14(19)10-15(9-13)22-17(20)16(11-21-18)12-5-3-2-4-6-12/h2-6,13-16H,7-11H2,1H3/t13-,14+,15?,16?. The van der Waals surface area contributed by atoms with E-state index in [1.807, 2.05) is 30.3 Å². The van der Waals surface area contributed by atoms with Gasteiger partial charge in [0.05, 0.1) is 18.5 Å². The van der Waals surface area contributed by atoms with Gasteiger partial charge in [0.2, 0.25) is 0 Å². The van der Waals surface area contributed by atoms with Crippen molar-refractivity contribution in [2.45, 2.75) is 49.8 Å². The van der Waals surface area contributed by atoms with E-state index in [2.05, 4.69) is 11.9 Å². The van der Waals surface area contributed by atoms with Gasteiger partial charge in [-0.1, -0.05) is 30.3 Å². The molecule has 0 radical (unpaired) electrons. The summed E-state index contributed by atoms with van der Waals surface area (Å²) in [6.07, 6.45) is 4.30. The number of halogens is 1. The maximum atomic E-state index is 12.5. The molecule has 2 saturated heterocycles. The second-order valence-corrected chi connectivity index (χ2v) is 6.54. The van der Waals surface area contributed by atoms with E-state index in [1.54, 1.807) is 0 Å². The Bertz CT molecular complexity index is 496. The number of rotatable bonds is 5. The molecule has 2 unspecified atom stereocenters. The number of carbonyl (C=O) groups excluding carboxylic acids is 1. The Hall–Kier alpha value is -1.10. The molecule has 120 valence electrons. The zero-order chi connectivity index (χ0) is 15.5. The average Bonchev–Trinajstić information content (AvgIpc) is 2.75. The number of carbonyl (C=O) groups is 1. The monoisotopic (exact) mass is 323 g/mol. The number of nitrogens with zero attached hydrogens (tertiary/aromatic N) is 1. The van der Waals surface area contributed by atoms with Crippen LogP contribution in [0.25, 0.3) is 0 Å². The highest BCUT2D eigenvalue weighted by Gasteiger charge is 2.40. The van der Waals surface area contributed by atoms with E-state index in [9.17, 15) is 4.79 Å². The highest BCUT2D eigenvalue weighted by atomic mass is 35.5. The van der Waals surface area contributed by atoms with E-state index in [0.717, 1.165) is 18.4 Å². The van der Waals surface area contributed by atoms with Crippen molar-refractivity contribution in [1.82, 2.24) is 4.90 Å². The molecule has 22 heavy (non-hydrogen) atoms. The van der Waals surface area contributed by atoms with Crippen LogP contribution in [-0.2, 0) is 13.8 Å². The summed E-state index contributed by atoms with van der Waals surface area (Å²) in [5, 5.41) is 0. The molecule has 0 saturated carbocycles. The molecule has 3 rings (SSSR count). The molecule has 2 fully saturated rings. The van der Waals surface area contributed by atoms with Crippen molar-refractivity contribution in [3.8, 4) is 0 Å². The first-order valence-corrected chi connectivity index (χ1v) is 8.20. The van der Waals surface area contributed by atoms with Crippen molar-refractivity contribution in [1.29, 1.82) is 0 Å². The summed E-state index contributed by atoms with van der Waals surface area (Å²) in [4.78, 5) is 15.0. The van der Waals surface area contributed by atoms with Crippen LogP contribution in [-0.4, -0.2) is 42.7 Å². The van der Waals surface area contributed by atoms with Gasteiger partial charge >= 0.3 is 5.97 Å². The lowest BCUT2D eigenvalue weighted by atomic mass is 9.98. The number of piperidine rings is 1. The lowest BCUT2D eigenvalue weighted by Crippen LogP contribution is -2.43. The maximum absolute atomic E-state index is 12.5. The molecule has 2 aliphatic heterocycles. The third kappa shape index (κ3) is 3.29. The van der Waals surface area contributed by atoms with Crippen LogP contribution >= 0.6 is 11.9 Å². The first-order chi connectivity index (χ1) is 10.7. The molecule has 5 heteroatoms. The van der Waals surface area contributed by atoms with Gasteiger partial charge in [0.25, 0.3) is 0 Å². The predicted molar refractivity (Wildman–Crippen MR) is 84.7 cm³/mol. The third-order valence-electron chi connectivity index (χ3n) is 5.05. The van der Waals surface area contributed by atoms with Crippen molar-refractivity contribution in [3.63, 3.8) is 0 Å². The van der Waals surface area contributed by atoms with Gasteiger partial charge in [-0.3, -0.25) is 9.08 Å². The highest BCUT2D eigenvalue weighted by Crippen LogP contribution is 2.36. The molecule has 0 aromatic heterocycles. The number of hydrogen-bond acceptors (Lipinski definition) is 4. The van der Waals surface area contributed by atoms with Crippen molar-refractivity contribution >= 4 is 17.8 Å². The van der Waals surface area contributed by atoms with E-state index in [0.29, 0.717) is 12.1 Å². The largest absolute Gasteiger partial charge is 0.462 e. The Morgan fingerprint density at radius 3 is 2.50 bits per heavy atom. The normalized spacial score (nSPS) is 29.3. The number of benzene rings is 1. The van der Waals surface area contributed by atoms with Crippen LogP contribution in [0.4, 0.5) is 0 Å². The predicted octanol–water partition coefficient (Wildman–Crippen LogP) is 3.11. The zero-order valence-corrected chi connectivity index (χ0v) is 13.5. The SMILES string of the molecule is CN1[C@@H]2CC[C@H]1CC(OC(=O)C(COCl)c1ccccc1)C2. The van der Waals surface area contributed by atoms with Crippen molar-refractivity contribution in [2.75, 3.05) is 13.7 Å². The summed E-state index contributed by atoms with van der Waals surface area (Å²) in [7, 11) is 2.18. The number of ether oxygens (including phenoxy) is 1. The second-order valence-electron chi connectivity index (χ2n) is 6.32. The van der Waals surface area contributed by atoms with E-state index in [-0.39, 0.29) is 18.7 Å². The number of fused-ring (bicyclic) bond motifs is 2. The lowest BCUT2D eigenvalue weighted by Gasteiger charge is -2.36. The fourth-order valence-corrected chi connectivity index (χ4v) is 3.88. The topological polar surface area (TPSA) is 38.8 Å². The minimum Gasteiger partial charge on any atom is -0.462 e. The van der Waals surface area contributed by atoms with Gasteiger partial charge in [-0.15, -0.1) is 0 Å². The van der Waals surface area contributed by atoms with E-state index >= 15 is 0 Å². The molecule has 1 aromatic rings. The molecule has 0 N–H and O–H groups in total. The van der Waals surface area contributed by atoms with Gasteiger partial charge in [-0.25, -0.2) is 0 Å². The summed E-state index contributed by atoms with van der Waals surface area (Å²) >= 11 is 5.39. The Kier molecular flexibility index (Phi) is 5.01. The van der Waals surface area contributed by atoms with Crippen LogP contribution in [0.3, 0.4) is 0 Å². The van der Waals surface area contributed by atoms with Gasteiger partial charge in [0.15, 0.2) is 0 Å². The Labute approximate surface area is 136 Å². The van der Waals surface area contributed by atoms with Gasteiger partial charge in [-0.2, -0.15) is 0 Å². The fourth-order valence-electron chi connectivity index (χ4n) is 3.75. The van der Waals surface area contributed by atoms with E-state index < -0.39 is 5.92 Å². The highest BCUT2D eigenvalue weighted by molar-refractivity contribution is 6.07. The molecular weight excluding hydrogens is 302 g/mol. The van der Waals surface area contributed by atoms with Gasteiger partial charge in [-0.05, 0) is 38.3 Å². The van der Waals surface area contributed by atoms with Crippen LogP contribution in [0.5, 0.6) is 0 Å². The summed E-state index contributed by atoms with van der Waals surface area (Å²) in [5.74, 6) is -0.697. The van der Waals surface area contributed by atoms with Crippen molar-refractivity contribution < 1.29 is 13.8 Å². The summed E-state index contributed by atoms with van der Waals surface area (Å²) < 4.78 is 10.5. The second kappa shape index (κ2) is 6.99. The molecule has 2 aliphatic rings. The Morgan fingerprint density at radius 2 is 1.91 bits per heavy atom. The van der Waals surface area contributed by atoms with Gasteiger partial charge in [0.1, 0.15) is 12.0 Å². The Morgan fingerprint density at radius 1 is 1.27 bits per heavy atom. The van der Waals surface area contributed by atoms with Crippen LogP contribution in [0.15, 0.2) is 30.3 Å². The molecule has 1 aromatic carbocycles. The van der Waals surface area contributed by atoms with E-state index in [1.165, 1.54) is 12.8 Å². The quantitative estimate of drug-likeness (QED) is 0.780. The maximum Gasteiger partial charge on any atom is 0.316 e. The average molecular weight is 324 g/mol. The molecule has 2 heterocycles. The first kappa shape index (κ1) is 15.8. The number of esters is 1. The van der Waals surface area contributed by atoms with Crippen LogP contribution in [0.2, 0.25) is 0 Å². The first-order valence-electron chi connectivity index (χ1n) is 7.90. The Balaban J connectivity index is 1.65. The van der Waals surface area contributed by atoms with Crippen LogP contribution in [0.1, 0.15) is 37.2 Å². The number of hydrogen-bond donors (Lipinski definition) is 0. The fraction of sp³-hybridized carbons (Fsp3) is 0.588. The molecular formula is C17H22ClNO3. The molecule has 0 spiro atoms. The van der Waals surface area contributed by atoms with Gasteiger partial charge < -0.3 is 9.64 Å². The molecule has 0 amide bonds. The smallest absolute Gasteiger partial charge is 0.316 e. The summed E-state index contributed by atoms with van der Waals surface area (Å²) in [6, 6.07) is 10.6. The van der Waals surface area contributed by atoms with E-state index in [4.69, 9.17) is 20.9 Å². The van der Waals surface area contributed by atoms with Crippen LogP contribution < -0.4 is 0 Å².